The van der Waals surface area contributed by atoms with E-state index < -0.39 is 0 Å². The molecule has 1 aliphatic rings. The molecule has 128 valence electrons. The van der Waals surface area contributed by atoms with Crippen LogP contribution in [0.25, 0.3) is 0 Å². The molecule has 3 rings (SSSR count). The molecule has 24 heavy (non-hydrogen) atoms. The van der Waals surface area contributed by atoms with Crippen LogP contribution >= 0.6 is 0 Å². The average Bonchev–Trinajstić information content (AvgIpc) is 3.27. The number of hydrogen-bond donors (Lipinski definition) is 1. The quantitative estimate of drug-likeness (QED) is 0.626. The lowest BCUT2D eigenvalue weighted by molar-refractivity contribution is 0.0657. The molecular weight excluding hydrogens is 310 g/mol. The minimum atomic E-state index is -0.0679. The minimum absolute atomic E-state index is 0.0679. The van der Waals surface area contributed by atoms with Crippen molar-refractivity contribution in [2.24, 2.45) is 12.0 Å². The van der Waals surface area contributed by atoms with Gasteiger partial charge in [0.05, 0.1) is 12.8 Å². The summed E-state index contributed by atoms with van der Waals surface area (Å²) >= 11 is 0. The molecule has 2 aromatic rings. The second kappa shape index (κ2) is 7.16. The standard InChI is InChI=1S/C15H21N7O2/c1-16-15(17-10-13-18-11-19-20(13)2)22-7-5-21(6-8-22)14(23)12-4-3-9-24-12/h3-4,9,11H,5-8,10H2,1-2H3,(H,16,17). The van der Waals surface area contributed by atoms with E-state index in [9.17, 15) is 4.79 Å². The van der Waals surface area contributed by atoms with Crippen LogP contribution in [0.1, 0.15) is 16.4 Å². The molecule has 9 nitrogen and oxygen atoms in total. The predicted octanol–water partition coefficient (Wildman–Crippen LogP) is -0.0585. The summed E-state index contributed by atoms with van der Waals surface area (Å²) in [5.41, 5.74) is 0. The Balaban J connectivity index is 1.53. The van der Waals surface area contributed by atoms with Gasteiger partial charge >= 0.3 is 0 Å². The molecule has 3 heterocycles. The van der Waals surface area contributed by atoms with Crippen molar-refractivity contribution in [3.63, 3.8) is 0 Å². The molecule has 0 atom stereocenters. The molecular formula is C15H21N7O2. The second-order valence-corrected chi connectivity index (χ2v) is 5.46. The molecule has 1 fully saturated rings. The van der Waals surface area contributed by atoms with Crippen LogP contribution in [0.5, 0.6) is 0 Å². The van der Waals surface area contributed by atoms with Crippen molar-refractivity contribution in [1.82, 2.24) is 29.9 Å². The fourth-order valence-corrected chi connectivity index (χ4v) is 2.65. The predicted molar refractivity (Wildman–Crippen MR) is 87.4 cm³/mol. The zero-order valence-corrected chi connectivity index (χ0v) is 13.8. The molecule has 2 aromatic heterocycles. The maximum Gasteiger partial charge on any atom is 0.289 e. The Kier molecular flexibility index (Phi) is 4.78. The van der Waals surface area contributed by atoms with Crippen LogP contribution in [-0.2, 0) is 13.6 Å². The van der Waals surface area contributed by atoms with E-state index in [4.69, 9.17) is 4.42 Å². The number of nitrogens with one attached hydrogen (secondary N) is 1. The van der Waals surface area contributed by atoms with Crippen molar-refractivity contribution in [1.29, 1.82) is 0 Å². The largest absolute Gasteiger partial charge is 0.459 e. The van der Waals surface area contributed by atoms with Gasteiger partial charge in [0.15, 0.2) is 11.7 Å². The van der Waals surface area contributed by atoms with Crippen molar-refractivity contribution in [3.8, 4) is 0 Å². The molecule has 0 unspecified atom stereocenters. The topological polar surface area (TPSA) is 91.8 Å². The van der Waals surface area contributed by atoms with Crippen molar-refractivity contribution in [2.45, 2.75) is 6.54 Å². The smallest absolute Gasteiger partial charge is 0.289 e. The molecule has 1 aliphatic heterocycles. The lowest BCUT2D eigenvalue weighted by Gasteiger charge is -2.36. The summed E-state index contributed by atoms with van der Waals surface area (Å²) < 4.78 is 6.90. The Labute approximate surface area is 140 Å². The van der Waals surface area contributed by atoms with Gasteiger partial charge in [0.2, 0.25) is 0 Å². The fourth-order valence-electron chi connectivity index (χ4n) is 2.65. The Hall–Kier alpha value is -2.84. The van der Waals surface area contributed by atoms with Gasteiger partial charge in [-0.1, -0.05) is 0 Å². The monoisotopic (exact) mass is 331 g/mol. The van der Waals surface area contributed by atoms with Crippen molar-refractivity contribution >= 4 is 11.9 Å². The van der Waals surface area contributed by atoms with E-state index in [0.717, 1.165) is 11.8 Å². The maximum atomic E-state index is 12.3. The van der Waals surface area contributed by atoms with E-state index >= 15 is 0 Å². The number of aliphatic imine (C=N–C) groups is 1. The number of amides is 1. The first-order valence-electron chi connectivity index (χ1n) is 7.80. The van der Waals surface area contributed by atoms with Crippen LogP contribution in [-0.4, -0.2) is 69.7 Å². The van der Waals surface area contributed by atoms with Crippen LogP contribution in [0.15, 0.2) is 34.1 Å². The third-order valence-electron chi connectivity index (χ3n) is 4.02. The minimum Gasteiger partial charge on any atom is -0.459 e. The zero-order chi connectivity index (χ0) is 16.9. The van der Waals surface area contributed by atoms with Gasteiger partial charge in [-0.25, -0.2) is 4.98 Å². The van der Waals surface area contributed by atoms with E-state index in [1.165, 1.54) is 12.6 Å². The summed E-state index contributed by atoms with van der Waals surface area (Å²) in [7, 11) is 3.60. The summed E-state index contributed by atoms with van der Waals surface area (Å²) in [6, 6.07) is 3.41. The van der Waals surface area contributed by atoms with Crippen LogP contribution in [0, 0.1) is 0 Å². The number of hydrogen-bond acceptors (Lipinski definition) is 5. The molecule has 1 amide bonds. The van der Waals surface area contributed by atoms with Gasteiger partial charge in [-0.2, -0.15) is 5.10 Å². The van der Waals surface area contributed by atoms with Gasteiger partial charge in [-0.05, 0) is 12.1 Å². The molecule has 0 saturated carbocycles. The summed E-state index contributed by atoms with van der Waals surface area (Å²) in [4.78, 5) is 24.7. The van der Waals surface area contributed by atoms with E-state index in [-0.39, 0.29) is 5.91 Å². The Morgan fingerprint density at radius 1 is 1.33 bits per heavy atom. The van der Waals surface area contributed by atoms with Gasteiger partial charge < -0.3 is 19.5 Å². The first-order valence-corrected chi connectivity index (χ1v) is 7.80. The van der Waals surface area contributed by atoms with E-state index in [1.54, 1.807) is 28.8 Å². The van der Waals surface area contributed by atoms with Crippen LogP contribution < -0.4 is 5.32 Å². The molecule has 0 aromatic carbocycles. The summed E-state index contributed by atoms with van der Waals surface area (Å²) in [6.07, 6.45) is 3.04. The summed E-state index contributed by atoms with van der Waals surface area (Å²) in [5.74, 6) is 1.95. The van der Waals surface area contributed by atoms with Gasteiger partial charge in [-0.3, -0.25) is 14.5 Å². The third-order valence-corrected chi connectivity index (χ3v) is 4.02. The normalized spacial score (nSPS) is 15.7. The van der Waals surface area contributed by atoms with Gasteiger partial charge in [0.25, 0.3) is 5.91 Å². The highest BCUT2D eigenvalue weighted by Crippen LogP contribution is 2.09. The SMILES string of the molecule is CN=C(NCc1ncnn1C)N1CCN(C(=O)c2ccco2)CC1. The molecule has 1 N–H and O–H groups in total. The number of furan rings is 1. The number of carbonyl (C=O) groups is 1. The summed E-state index contributed by atoms with van der Waals surface area (Å²) in [5, 5.41) is 7.33. The number of aromatic nitrogens is 3. The Morgan fingerprint density at radius 2 is 2.08 bits per heavy atom. The molecule has 1 saturated heterocycles. The first-order chi connectivity index (χ1) is 11.7. The first kappa shape index (κ1) is 16.0. The number of piperazine rings is 1. The van der Waals surface area contributed by atoms with E-state index in [0.29, 0.717) is 38.5 Å². The highest BCUT2D eigenvalue weighted by molar-refractivity contribution is 5.91. The van der Waals surface area contributed by atoms with Crippen molar-refractivity contribution in [2.75, 3.05) is 33.2 Å². The average molecular weight is 331 g/mol. The molecule has 0 spiro atoms. The van der Waals surface area contributed by atoms with Gasteiger partial charge in [0.1, 0.15) is 12.2 Å². The third kappa shape index (κ3) is 3.39. The number of aryl methyl sites for hydroxylation is 1. The Morgan fingerprint density at radius 3 is 2.67 bits per heavy atom. The highest BCUT2D eigenvalue weighted by atomic mass is 16.3. The zero-order valence-electron chi connectivity index (χ0n) is 13.8. The molecule has 0 radical (unpaired) electrons. The maximum absolute atomic E-state index is 12.3. The number of carbonyl (C=O) groups excluding carboxylic acids is 1. The highest BCUT2D eigenvalue weighted by Gasteiger charge is 2.25. The van der Waals surface area contributed by atoms with Crippen LogP contribution in [0.4, 0.5) is 0 Å². The van der Waals surface area contributed by atoms with Crippen molar-refractivity contribution in [3.05, 3.63) is 36.3 Å². The van der Waals surface area contributed by atoms with E-state index in [2.05, 4.69) is 25.3 Å². The number of guanidine groups is 1. The molecule has 9 heteroatoms. The number of rotatable bonds is 3. The van der Waals surface area contributed by atoms with Crippen molar-refractivity contribution < 1.29 is 9.21 Å². The summed E-state index contributed by atoms with van der Waals surface area (Å²) in [6.45, 7) is 3.24. The fraction of sp³-hybridized carbons (Fsp3) is 0.467. The lowest BCUT2D eigenvalue weighted by atomic mass is 10.3. The van der Waals surface area contributed by atoms with E-state index in [1.807, 2.05) is 7.05 Å². The lowest BCUT2D eigenvalue weighted by Crippen LogP contribution is -2.53. The van der Waals surface area contributed by atoms with Gasteiger partial charge in [-0.15, -0.1) is 0 Å². The Bertz CT molecular complexity index is 699. The van der Waals surface area contributed by atoms with Crippen LogP contribution in [0.3, 0.4) is 0 Å². The number of nitrogens with zero attached hydrogens (tertiary/aromatic N) is 6. The molecule has 0 bridgehead atoms. The second-order valence-electron chi connectivity index (χ2n) is 5.46. The van der Waals surface area contributed by atoms with Crippen LogP contribution in [0.2, 0.25) is 0 Å². The van der Waals surface area contributed by atoms with Gasteiger partial charge in [0, 0.05) is 40.3 Å². The molecule has 0 aliphatic carbocycles.